The zero-order chi connectivity index (χ0) is 13.9. The SMILES string of the molecule is COc1ccccc1CNS(=O)(=O)c1cnc(Cl)s1. The number of nitrogens with one attached hydrogen (secondary N) is 1. The van der Waals surface area contributed by atoms with Crippen molar-refractivity contribution in [1.29, 1.82) is 0 Å². The standard InChI is InChI=1S/C11H11ClN2O3S2/c1-17-9-5-3-2-4-8(9)6-14-19(15,16)10-7-13-11(12)18-10/h2-5,7,14H,6H2,1H3. The van der Waals surface area contributed by atoms with Crippen LogP contribution in [0.2, 0.25) is 4.47 Å². The van der Waals surface area contributed by atoms with Crippen molar-refractivity contribution >= 4 is 33.0 Å². The summed E-state index contributed by atoms with van der Waals surface area (Å²) in [6.07, 6.45) is 1.23. The second-order valence-corrected chi connectivity index (χ2v) is 7.18. The topological polar surface area (TPSA) is 68.3 Å². The maximum atomic E-state index is 12.0. The molecule has 0 amide bonds. The van der Waals surface area contributed by atoms with Crippen LogP contribution in [0.3, 0.4) is 0 Å². The minimum absolute atomic E-state index is 0.0902. The fourth-order valence-corrected chi connectivity index (χ4v) is 3.80. The van der Waals surface area contributed by atoms with Crippen LogP contribution in [-0.2, 0) is 16.6 Å². The third-order valence-corrected chi connectivity index (χ3v) is 5.34. The highest BCUT2D eigenvalue weighted by Gasteiger charge is 2.17. The average molecular weight is 319 g/mol. The van der Waals surface area contributed by atoms with Gasteiger partial charge in [0.2, 0.25) is 0 Å². The van der Waals surface area contributed by atoms with Crippen LogP contribution in [0.4, 0.5) is 0 Å². The van der Waals surface area contributed by atoms with Crippen molar-refractivity contribution in [2.24, 2.45) is 0 Å². The Balaban J connectivity index is 2.14. The van der Waals surface area contributed by atoms with Gasteiger partial charge in [0.15, 0.2) is 8.68 Å². The summed E-state index contributed by atoms with van der Waals surface area (Å²) in [6.45, 7) is 0.141. The lowest BCUT2D eigenvalue weighted by atomic mass is 10.2. The molecule has 0 spiro atoms. The van der Waals surface area contributed by atoms with Crippen molar-refractivity contribution in [2.75, 3.05) is 7.11 Å². The zero-order valence-electron chi connectivity index (χ0n) is 9.96. The molecule has 0 atom stereocenters. The molecule has 2 aromatic rings. The Bertz CT molecular complexity index is 670. The first-order chi connectivity index (χ1) is 9.03. The Labute approximate surface area is 120 Å². The molecule has 0 unspecified atom stereocenters. The molecule has 1 aromatic heterocycles. The molecular formula is C11H11ClN2O3S2. The quantitative estimate of drug-likeness (QED) is 0.918. The molecule has 0 saturated carbocycles. The molecule has 1 aromatic carbocycles. The summed E-state index contributed by atoms with van der Waals surface area (Å²) in [4.78, 5) is 3.71. The summed E-state index contributed by atoms with van der Waals surface area (Å²) < 4.78 is 31.9. The van der Waals surface area contributed by atoms with Gasteiger partial charge < -0.3 is 4.74 Å². The fourth-order valence-electron chi connectivity index (χ4n) is 1.46. The minimum atomic E-state index is -3.60. The van der Waals surface area contributed by atoms with E-state index in [1.165, 1.54) is 13.3 Å². The largest absolute Gasteiger partial charge is 0.496 e. The number of hydrogen-bond acceptors (Lipinski definition) is 5. The van der Waals surface area contributed by atoms with E-state index in [2.05, 4.69) is 9.71 Å². The summed E-state index contributed by atoms with van der Waals surface area (Å²) in [6, 6.07) is 7.20. The van der Waals surface area contributed by atoms with E-state index in [1.54, 1.807) is 12.1 Å². The molecule has 2 rings (SSSR count). The van der Waals surface area contributed by atoms with Crippen molar-refractivity contribution in [3.8, 4) is 5.75 Å². The molecule has 1 heterocycles. The molecular weight excluding hydrogens is 308 g/mol. The third-order valence-electron chi connectivity index (χ3n) is 2.37. The van der Waals surface area contributed by atoms with Gasteiger partial charge in [-0.3, -0.25) is 0 Å². The Morgan fingerprint density at radius 1 is 1.42 bits per heavy atom. The van der Waals surface area contributed by atoms with Crippen LogP contribution in [-0.4, -0.2) is 20.5 Å². The van der Waals surface area contributed by atoms with E-state index in [-0.39, 0.29) is 15.2 Å². The number of rotatable bonds is 5. The lowest BCUT2D eigenvalue weighted by Gasteiger charge is -2.08. The maximum Gasteiger partial charge on any atom is 0.252 e. The van der Waals surface area contributed by atoms with E-state index in [0.29, 0.717) is 5.75 Å². The van der Waals surface area contributed by atoms with Gasteiger partial charge in [0.25, 0.3) is 10.0 Å². The van der Waals surface area contributed by atoms with Crippen molar-refractivity contribution < 1.29 is 13.2 Å². The monoisotopic (exact) mass is 318 g/mol. The number of nitrogens with zero attached hydrogens (tertiary/aromatic N) is 1. The third kappa shape index (κ3) is 3.44. The highest BCUT2D eigenvalue weighted by atomic mass is 35.5. The number of ether oxygens (including phenoxy) is 1. The number of aromatic nitrogens is 1. The molecule has 1 N–H and O–H groups in total. The fraction of sp³-hybridized carbons (Fsp3) is 0.182. The number of halogens is 1. The Hall–Kier alpha value is -1.15. The number of sulfonamides is 1. The molecule has 8 heteroatoms. The summed E-state index contributed by atoms with van der Waals surface area (Å²) in [7, 11) is -2.06. The van der Waals surface area contributed by atoms with E-state index in [0.717, 1.165) is 16.9 Å². The van der Waals surface area contributed by atoms with E-state index in [1.807, 2.05) is 12.1 Å². The summed E-state index contributed by atoms with van der Waals surface area (Å²) in [5.74, 6) is 0.632. The molecule has 5 nitrogen and oxygen atoms in total. The van der Waals surface area contributed by atoms with Crippen LogP contribution in [0.5, 0.6) is 5.75 Å². The summed E-state index contributed by atoms with van der Waals surface area (Å²) >= 11 is 6.54. The van der Waals surface area contributed by atoms with Crippen molar-refractivity contribution in [3.05, 3.63) is 40.5 Å². The van der Waals surface area contributed by atoms with Gasteiger partial charge in [0.1, 0.15) is 5.75 Å². The molecule has 0 aliphatic rings. The van der Waals surface area contributed by atoms with E-state index in [4.69, 9.17) is 16.3 Å². The molecule has 0 fully saturated rings. The first-order valence-corrected chi connectivity index (χ1v) is 7.93. The lowest BCUT2D eigenvalue weighted by Crippen LogP contribution is -2.22. The van der Waals surface area contributed by atoms with Crippen LogP contribution in [0.25, 0.3) is 0 Å². The van der Waals surface area contributed by atoms with Gasteiger partial charge in [-0.05, 0) is 6.07 Å². The summed E-state index contributed by atoms with van der Waals surface area (Å²) in [5.41, 5.74) is 0.754. The highest BCUT2D eigenvalue weighted by Crippen LogP contribution is 2.23. The van der Waals surface area contributed by atoms with Crippen LogP contribution in [0, 0.1) is 0 Å². The maximum absolute atomic E-state index is 12.0. The summed E-state index contributed by atoms with van der Waals surface area (Å²) in [5, 5.41) is 0. The molecule has 102 valence electrons. The van der Waals surface area contributed by atoms with Crippen LogP contribution >= 0.6 is 22.9 Å². The van der Waals surface area contributed by atoms with Gasteiger partial charge in [-0.15, -0.1) is 0 Å². The van der Waals surface area contributed by atoms with E-state index < -0.39 is 10.0 Å². The van der Waals surface area contributed by atoms with Crippen LogP contribution < -0.4 is 9.46 Å². The Kier molecular flexibility index (Phi) is 4.41. The first-order valence-electron chi connectivity index (χ1n) is 5.26. The van der Waals surface area contributed by atoms with Gasteiger partial charge in [-0.25, -0.2) is 18.1 Å². The highest BCUT2D eigenvalue weighted by molar-refractivity contribution is 7.91. The molecule has 0 aliphatic carbocycles. The lowest BCUT2D eigenvalue weighted by molar-refractivity contribution is 0.409. The van der Waals surface area contributed by atoms with Gasteiger partial charge in [0, 0.05) is 12.1 Å². The number of benzene rings is 1. The van der Waals surface area contributed by atoms with Gasteiger partial charge >= 0.3 is 0 Å². The molecule has 0 bridgehead atoms. The van der Waals surface area contributed by atoms with E-state index >= 15 is 0 Å². The van der Waals surface area contributed by atoms with Gasteiger partial charge in [-0.2, -0.15) is 0 Å². The first kappa shape index (κ1) is 14.3. The number of thiazole rings is 1. The van der Waals surface area contributed by atoms with Crippen molar-refractivity contribution in [1.82, 2.24) is 9.71 Å². The smallest absolute Gasteiger partial charge is 0.252 e. The Morgan fingerprint density at radius 3 is 2.79 bits per heavy atom. The van der Waals surface area contributed by atoms with Crippen molar-refractivity contribution in [3.63, 3.8) is 0 Å². The van der Waals surface area contributed by atoms with Gasteiger partial charge in [-0.1, -0.05) is 41.1 Å². The Morgan fingerprint density at radius 2 is 2.16 bits per heavy atom. The minimum Gasteiger partial charge on any atom is -0.496 e. The average Bonchev–Trinajstić information content (AvgIpc) is 2.84. The number of methoxy groups -OCH3 is 1. The normalized spacial score (nSPS) is 11.5. The van der Waals surface area contributed by atoms with E-state index in [9.17, 15) is 8.42 Å². The van der Waals surface area contributed by atoms with Crippen molar-refractivity contribution in [2.45, 2.75) is 10.8 Å². The predicted molar refractivity (Wildman–Crippen MR) is 74.1 cm³/mol. The number of para-hydroxylation sites is 1. The second-order valence-electron chi connectivity index (χ2n) is 3.57. The number of hydrogen-bond donors (Lipinski definition) is 1. The van der Waals surface area contributed by atoms with Crippen LogP contribution in [0.1, 0.15) is 5.56 Å². The van der Waals surface area contributed by atoms with Crippen LogP contribution in [0.15, 0.2) is 34.7 Å². The van der Waals surface area contributed by atoms with Gasteiger partial charge in [0.05, 0.1) is 13.3 Å². The zero-order valence-corrected chi connectivity index (χ0v) is 12.3. The molecule has 0 aliphatic heterocycles. The predicted octanol–water partition coefficient (Wildman–Crippen LogP) is 2.28. The second kappa shape index (κ2) is 5.87. The molecule has 19 heavy (non-hydrogen) atoms. The molecule has 0 radical (unpaired) electrons. The molecule has 0 saturated heterocycles.